The van der Waals surface area contributed by atoms with Crippen molar-refractivity contribution in [2.75, 3.05) is 6.61 Å². The molecule has 2 aromatic carbocycles. The molecule has 1 saturated carbocycles. The molecular weight excluding hydrogens is 358 g/mol. The van der Waals surface area contributed by atoms with Gasteiger partial charge in [0.05, 0.1) is 6.61 Å². The zero-order valence-corrected chi connectivity index (χ0v) is 14.2. The largest absolute Gasteiger partial charge is 0.508 e. The summed E-state index contributed by atoms with van der Waals surface area (Å²) in [5, 5.41) is 19.5. The first-order valence-electron chi connectivity index (χ1n) is 8.55. The lowest BCUT2D eigenvalue weighted by atomic mass is 10.1. The summed E-state index contributed by atoms with van der Waals surface area (Å²) in [7, 11) is 0. The van der Waals surface area contributed by atoms with Gasteiger partial charge in [-0.2, -0.15) is 0 Å². The van der Waals surface area contributed by atoms with Crippen LogP contribution < -0.4 is 10.2 Å². The summed E-state index contributed by atoms with van der Waals surface area (Å²) in [5.74, 6) is -2.60. The molecule has 1 aromatic heterocycles. The Morgan fingerprint density at radius 3 is 2.59 bits per heavy atom. The maximum absolute atomic E-state index is 13.7. The highest BCUT2D eigenvalue weighted by molar-refractivity contribution is 5.88. The Balaban J connectivity index is 1.90. The molecule has 0 unspecified atom stereocenters. The maximum atomic E-state index is 13.7. The van der Waals surface area contributed by atoms with Crippen LogP contribution in [0.4, 0.5) is 8.78 Å². The summed E-state index contributed by atoms with van der Waals surface area (Å²) in [6, 6.07) is 5.26. The number of ether oxygens (including phenoxy) is 1. The molecule has 5 nitrogen and oxygen atoms in total. The van der Waals surface area contributed by atoms with Gasteiger partial charge in [0.25, 0.3) is 0 Å². The van der Waals surface area contributed by atoms with Gasteiger partial charge in [0.1, 0.15) is 22.5 Å². The first-order chi connectivity index (χ1) is 12.9. The number of hydrogen-bond donors (Lipinski definition) is 2. The van der Waals surface area contributed by atoms with Crippen LogP contribution in [0.3, 0.4) is 0 Å². The number of aromatic hydroxyl groups is 2. The second-order valence-electron chi connectivity index (χ2n) is 6.64. The van der Waals surface area contributed by atoms with E-state index in [1.54, 1.807) is 0 Å². The summed E-state index contributed by atoms with van der Waals surface area (Å²) >= 11 is 0. The van der Waals surface area contributed by atoms with E-state index in [-0.39, 0.29) is 40.4 Å². The van der Waals surface area contributed by atoms with Crippen molar-refractivity contribution in [3.05, 3.63) is 52.2 Å². The molecule has 1 aliphatic rings. The van der Waals surface area contributed by atoms with Gasteiger partial charge in [0, 0.05) is 17.7 Å². The van der Waals surface area contributed by atoms with Crippen molar-refractivity contribution in [2.45, 2.75) is 19.3 Å². The van der Waals surface area contributed by atoms with E-state index in [9.17, 15) is 23.8 Å². The van der Waals surface area contributed by atoms with E-state index in [2.05, 4.69) is 0 Å². The van der Waals surface area contributed by atoms with Gasteiger partial charge in [-0.25, -0.2) is 8.78 Å². The molecule has 0 radical (unpaired) electrons. The molecule has 2 N–H and O–H groups in total. The number of halogens is 2. The zero-order chi connectivity index (χ0) is 19.1. The number of phenolic OH excluding ortho intramolecular Hbond substituents is 2. The molecule has 0 amide bonds. The Morgan fingerprint density at radius 2 is 1.89 bits per heavy atom. The molecule has 0 saturated heterocycles. The predicted octanol–water partition coefficient (Wildman–Crippen LogP) is 4.33. The average molecular weight is 374 g/mol. The lowest BCUT2D eigenvalue weighted by Gasteiger charge is -2.12. The van der Waals surface area contributed by atoms with Crippen LogP contribution in [0.2, 0.25) is 0 Å². The Kier molecular flexibility index (Phi) is 4.22. The second kappa shape index (κ2) is 6.57. The van der Waals surface area contributed by atoms with Crippen molar-refractivity contribution < 1.29 is 28.1 Å². The number of phenols is 2. The Labute approximate surface area is 152 Å². The SMILES string of the molecule is O=c1c(OCCC2CC2)c(-c2ccc(F)c(F)c2)oc2cc(O)cc(O)c12. The first-order valence-corrected chi connectivity index (χ1v) is 8.55. The van der Waals surface area contributed by atoms with Gasteiger partial charge in [-0.15, -0.1) is 0 Å². The molecule has 27 heavy (non-hydrogen) atoms. The molecule has 0 bridgehead atoms. The molecule has 0 aliphatic heterocycles. The zero-order valence-electron chi connectivity index (χ0n) is 14.2. The smallest absolute Gasteiger partial charge is 0.239 e. The molecule has 3 aromatic rings. The molecule has 0 spiro atoms. The Hall–Kier alpha value is -3.09. The normalized spacial score (nSPS) is 13.9. The highest BCUT2D eigenvalue weighted by Gasteiger charge is 2.24. The molecule has 4 rings (SSSR count). The number of hydrogen-bond acceptors (Lipinski definition) is 5. The van der Waals surface area contributed by atoms with Crippen molar-refractivity contribution in [2.24, 2.45) is 5.92 Å². The lowest BCUT2D eigenvalue weighted by Crippen LogP contribution is -2.12. The van der Waals surface area contributed by atoms with Crippen LogP contribution in [0, 0.1) is 17.6 Å². The highest BCUT2D eigenvalue weighted by atomic mass is 19.2. The van der Waals surface area contributed by atoms with Crippen LogP contribution in [0.15, 0.2) is 39.5 Å². The van der Waals surface area contributed by atoms with E-state index in [4.69, 9.17) is 9.15 Å². The van der Waals surface area contributed by atoms with Gasteiger partial charge in [-0.05, 0) is 30.5 Å². The van der Waals surface area contributed by atoms with Crippen LogP contribution >= 0.6 is 0 Å². The Bertz CT molecular complexity index is 1090. The van der Waals surface area contributed by atoms with Crippen molar-refractivity contribution >= 4 is 11.0 Å². The second-order valence-corrected chi connectivity index (χ2v) is 6.64. The van der Waals surface area contributed by atoms with Gasteiger partial charge >= 0.3 is 0 Å². The summed E-state index contributed by atoms with van der Waals surface area (Å²) in [6.07, 6.45) is 2.99. The molecule has 1 heterocycles. The summed E-state index contributed by atoms with van der Waals surface area (Å²) in [5.41, 5.74) is -0.631. The minimum absolute atomic E-state index is 0.0906. The number of fused-ring (bicyclic) bond motifs is 1. The topological polar surface area (TPSA) is 79.9 Å². The minimum atomic E-state index is -1.10. The maximum Gasteiger partial charge on any atom is 0.239 e. The summed E-state index contributed by atoms with van der Waals surface area (Å²) < 4.78 is 38.3. The van der Waals surface area contributed by atoms with Gasteiger partial charge in [0.15, 0.2) is 17.4 Å². The van der Waals surface area contributed by atoms with Crippen molar-refractivity contribution in [1.82, 2.24) is 0 Å². The van der Waals surface area contributed by atoms with Crippen LogP contribution in [0.25, 0.3) is 22.3 Å². The highest BCUT2D eigenvalue weighted by Crippen LogP contribution is 2.37. The fourth-order valence-electron chi connectivity index (χ4n) is 2.96. The third-order valence-electron chi connectivity index (χ3n) is 4.57. The van der Waals surface area contributed by atoms with Gasteiger partial charge in [-0.3, -0.25) is 4.79 Å². The van der Waals surface area contributed by atoms with Gasteiger partial charge in [0.2, 0.25) is 11.2 Å². The fourth-order valence-corrected chi connectivity index (χ4v) is 2.96. The molecule has 0 atom stereocenters. The minimum Gasteiger partial charge on any atom is -0.508 e. The van der Waals surface area contributed by atoms with E-state index in [0.717, 1.165) is 43.5 Å². The fraction of sp³-hybridized carbons (Fsp3) is 0.250. The summed E-state index contributed by atoms with van der Waals surface area (Å²) in [4.78, 5) is 12.9. The van der Waals surface area contributed by atoms with Crippen LogP contribution in [-0.4, -0.2) is 16.8 Å². The van der Waals surface area contributed by atoms with Crippen LogP contribution in [-0.2, 0) is 0 Å². The monoisotopic (exact) mass is 374 g/mol. The molecule has 1 aliphatic carbocycles. The van der Waals surface area contributed by atoms with Gasteiger partial charge in [-0.1, -0.05) is 12.8 Å². The van der Waals surface area contributed by atoms with Gasteiger partial charge < -0.3 is 19.4 Å². The average Bonchev–Trinajstić information content (AvgIpc) is 3.42. The van der Waals surface area contributed by atoms with E-state index in [1.165, 1.54) is 6.07 Å². The molecular formula is C20H16F2O5. The van der Waals surface area contributed by atoms with E-state index >= 15 is 0 Å². The third kappa shape index (κ3) is 3.32. The Morgan fingerprint density at radius 1 is 1.11 bits per heavy atom. The first kappa shape index (κ1) is 17.3. The van der Waals surface area contributed by atoms with Crippen molar-refractivity contribution in [3.8, 4) is 28.6 Å². The van der Waals surface area contributed by atoms with E-state index < -0.39 is 22.8 Å². The summed E-state index contributed by atoms with van der Waals surface area (Å²) in [6.45, 7) is 0.260. The quantitative estimate of drug-likeness (QED) is 0.695. The van der Waals surface area contributed by atoms with Crippen LogP contribution in [0.1, 0.15) is 19.3 Å². The molecule has 1 fully saturated rings. The van der Waals surface area contributed by atoms with Crippen molar-refractivity contribution in [3.63, 3.8) is 0 Å². The standard InChI is InChI=1S/C20H16F2O5/c21-13-4-3-11(7-14(13)22)19-20(26-6-5-10-1-2-10)18(25)17-15(24)8-12(23)9-16(17)27-19/h3-4,7-10,23-24H,1-2,5-6H2. The third-order valence-corrected chi connectivity index (χ3v) is 4.57. The van der Waals surface area contributed by atoms with E-state index in [1.807, 2.05) is 0 Å². The predicted molar refractivity (Wildman–Crippen MR) is 94.0 cm³/mol. The lowest BCUT2D eigenvalue weighted by molar-refractivity contribution is 0.294. The number of benzene rings is 2. The molecule has 7 heteroatoms. The van der Waals surface area contributed by atoms with Crippen molar-refractivity contribution in [1.29, 1.82) is 0 Å². The number of rotatable bonds is 5. The molecule has 140 valence electrons. The van der Waals surface area contributed by atoms with E-state index in [0.29, 0.717) is 5.92 Å². The van der Waals surface area contributed by atoms with Crippen LogP contribution in [0.5, 0.6) is 17.2 Å².